The first-order valence-corrected chi connectivity index (χ1v) is 9.33. The van der Waals surface area contributed by atoms with Crippen LogP contribution in [0.3, 0.4) is 0 Å². The van der Waals surface area contributed by atoms with Crippen LogP contribution in [0.1, 0.15) is 78.1 Å². The first-order valence-electron chi connectivity index (χ1n) is 9.33. The van der Waals surface area contributed by atoms with Crippen molar-refractivity contribution in [1.29, 1.82) is 0 Å². The fourth-order valence-electron chi connectivity index (χ4n) is 2.54. The van der Waals surface area contributed by atoms with Crippen LogP contribution in [0.15, 0.2) is 12.2 Å². The predicted molar refractivity (Wildman–Crippen MR) is 95.8 cm³/mol. The summed E-state index contributed by atoms with van der Waals surface area (Å²) in [5.74, 6) is -1.07. The third-order valence-electron chi connectivity index (χ3n) is 4.36. The Bertz CT molecular complexity index is 343. The topological polar surface area (TPSA) is 98.0 Å². The molecule has 0 saturated heterocycles. The van der Waals surface area contributed by atoms with E-state index in [0.29, 0.717) is 12.8 Å². The summed E-state index contributed by atoms with van der Waals surface area (Å²) in [4.78, 5) is 10.7. The van der Waals surface area contributed by atoms with Gasteiger partial charge in [-0.15, -0.1) is 0 Å². The monoisotopic (exact) mass is 344 g/mol. The van der Waals surface area contributed by atoms with Crippen LogP contribution in [0, 0.1) is 5.92 Å². The van der Waals surface area contributed by atoms with Gasteiger partial charge < -0.3 is 20.4 Å². The van der Waals surface area contributed by atoms with E-state index >= 15 is 0 Å². The van der Waals surface area contributed by atoms with Crippen molar-refractivity contribution in [2.45, 2.75) is 96.4 Å². The largest absolute Gasteiger partial charge is 0.481 e. The summed E-state index contributed by atoms with van der Waals surface area (Å²) in [5.41, 5.74) is 0. The number of rotatable bonds is 15. The third kappa shape index (κ3) is 11.6. The Labute approximate surface area is 146 Å². The average Bonchev–Trinajstić information content (AvgIpc) is 2.56. The van der Waals surface area contributed by atoms with E-state index in [-0.39, 0.29) is 5.92 Å². The molecule has 0 aromatic rings. The lowest BCUT2D eigenvalue weighted by molar-refractivity contribution is -0.141. The first kappa shape index (κ1) is 23.1. The summed E-state index contributed by atoms with van der Waals surface area (Å²) >= 11 is 0. The molecule has 0 fully saturated rings. The number of allylic oxidation sites excluding steroid dienone is 1. The number of hydrogen-bond acceptors (Lipinski definition) is 4. The van der Waals surface area contributed by atoms with Gasteiger partial charge in [0, 0.05) is 0 Å². The van der Waals surface area contributed by atoms with E-state index in [0.717, 1.165) is 51.4 Å². The molecule has 142 valence electrons. The van der Waals surface area contributed by atoms with Crippen LogP contribution in [0.4, 0.5) is 0 Å². The predicted octanol–water partition coefficient (Wildman–Crippen LogP) is 3.27. The van der Waals surface area contributed by atoms with Crippen molar-refractivity contribution in [1.82, 2.24) is 0 Å². The molecule has 4 unspecified atom stereocenters. The van der Waals surface area contributed by atoms with Crippen LogP contribution in [-0.2, 0) is 4.79 Å². The van der Waals surface area contributed by atoms with Gasteiger partial charge in [0.05, 0.1) is 12.0 Å². The Morgan fingerprint density at radius 3 is 2.17 bits per heavy atom. The molecule has 0 saturated carbocycles. The molecule has 0 aliphatic rings. The molecule has 0 aromatic carbocycles. The van der Waals surface area contributed by atoms with Crippen molar-refractivity contribution in [2.75, 3.05) is 0 Å². The van der Waals surface area contributed by atoms with Gasteiger partial charge in [0.1, 0.15) is 12.2 Å². The third-order valence-corrected chi connectivity index (χ3v) is 4.36. The number of aliphatic carboxylic acids is 1. The van der Waals surface area contributed by atoms with E-state index < -0.39 is 24.3 Å². The normalized spacial score (nSPS) is 16.9. The molecular weight excluding hydrogens is 308 g/mol. The Hall–Kier alpha value is -0.910. The molecule has 0 aliphatic carbocycles. The van der Waals surface area contributed by atoms with Crippen LogP contribution in [-0.4, -0.2) is 44.7 Å². The van der Waals surface area contributed by atoms with Crippen LogP contribution >= 0.6 is 0 Å². The maximum atomic E-state index is 10.7. The number of carboxylic acid groups (broad SMARTS) is 1. The Morgan fingerprint density at radius 1 is 0.958 bits per heavy atom. The summed E-state index contributed by atoms with van der Waals surface area (Å²) in [6.45, 7) is 3.84. The van der Waals surface area contributed by atoms with Crippen LogP contribution < -0.4 is 0 Å². The Morgan fingerprint density at radius 2 is 1.58 bits per heavy atom. The zero-order valence-electron chi connectivity index (χ0n) is 15.2. The minimum absolute atomic E-state index is 0.309. The molecule has 4 atom stereocenters. The number of aliphatic hydroxyl groups is 3. The number of aliphatic hydroxyl groups excluding tert-OH is 3. The number of carbonyl (C=O) groups is 1. The maximum absolute atomic E-state index is 10.7. The van der Waals surface area contributed by atoms with E-state index in [2.05, 4.69) is 6.92 Å². The SMILES string of the molecule is CCCCC/C=C\C(O)C(O)C(O)CCCCCCC(C)C(=O)O. The zero-order chi connectivity index (χ0) is 18.4. The van der Waals surface area contributed by atoms with Crippen molar-refractivity contribution < 1.29 is 25.2 Å². The molecule has 0 aliphatic heterocycles. The van der Waals surface area contributed by atoms with Gasteiger partial charge in [0.15, 0.2) is 0 Å². The van der Waals surface area contributed by atoms with E-state index in [4.69, 9.17) is 5.11 Å². The molecule has 24 heavy (non-hydrogen) atoms. The molecule has 0 heterocycles. The van der Waals surface area contributed by atoms with Crippen LogP contribution in [0.25, 0.3) is 0 Å². The second-order valence-corrected chi connectivity index (χ2v) is 6.70. The van der Waals surface area contributed by atoms with Gasteiger partial charge in [-0.1, -0.05) is 64.5 Å². The summed E-state index contributed by atoms with van der Waals surface area (Å²) < 4.78 is 0. The lowest BCUT2D eigenvalue weighted by atomic mass is 9.99. The van der Waals surface area contributed by atoms with E-state index in [1.54, 1.807) is 13.0 Å². The van der Waals surface area contributed by atoms with Gasteiger partial charge in [0.25, 0.3) is 0 Å². The first-order chi connectivity index (χ1) is 11.4. The minimum atomic E-state index is -1.15. The van der Waals surface area contributed by atoms with Crippen molar-refractivity contribution in [3.63, 3.8) is 0 Å². The molecule has 4 N–H and O–H groups in total. The Kier molecular flexibility index (Phi) is 13.9. The molecule has 0 aromatic heterocycles. The molecule has 0 amide bonds. The summed E-state index contributed by atoms with van der Waals surface area (Å²) in [7, 11) is 0. The van der Waals surface area contributed by atoms with Gasteiger partial charge in [-0.3, -0.25) is 4.79 Å². The van der Waals surface area contributed by atoms with E-state index in [1.165, 1.54) is 0 Å². The van der Waals surface area contributed by atoms with Crippen LogP contribution in [0.5, 0.6) is 0 Å². The molecular formula is C19H36O5. The second-order valence-electron chi connectivity index (χ2n) is 6.70. The highest BCUT2D eigenvalue weighted by atomic mass is 16.4. The number of hydrogen-bond donors (Lipinski definition) is 4. The molecule has 0 spiro atoms. The highest BCUT2D eigenvalue weighted by molar-refractivity contribution is 5.69. The lowest BCUT2D eigenvalue weighted by Crippen LogP contribution is -2.36. The van der Waals surface area contributed by atoms with E-state index in [9.17, 15) is 20.1 Å². The van der Waals surface area contributed by atoms with Gasteiger partial charge in [-0.05, 0) is 25.7 Å². The van der Waals surface area contributed by atoms with Gasteiger partial charge in [-0.2, -0.15) is 0 Å². The number of carboxylic acids is 1. The van der Waals surface area contributed by atoms with Gasteiger partial charge >= 0.3 is 5.97 Å². The Balaban J connectivity index is 3.77. The summed E-state index contributed by atoms with van der Waals surface area (Å²) in [6.07, 6.45) is 9.08. The minimum Gasteiger partial charge on any atom is -0.481 e. The van der Waals surface area contributed by atoms with Crippen molar-refractivity contribution in [2.24, 2.45) is 5.92 Å². The fraction of sp³-hybridized carbons (Fsp3) is 0.842. The quantitative estimate of drug-likeness (QED) is 0.270. The average molecular weight is 344 g/mol. The molecule has 0 radical (unpaired) electrons. The van der Waals surface area contributed by atoms with E-state index in [1.807, 2.05) is 6.08 Å². The van der Waals surface area contributed by atoms with Gasteiger partial charge in [-0.25, -0.2) is 0 Å². The molecule has 5 heteroatoms. The standard InChI is InChI=1S/C19H36O5/c1-3-4-5-6-10-13-16(20)18(22)17(21)14-11-8-7-9-12-15(2)19(23)24/h10,13,15-18,20-22H,3-9,11-12,14H2,1-2H3,(H,23,24)/b13-10-. The summed E-state index contributed by atoms with van der Waals surface area (Å²) in [5, 5.41) is 38.5. The number of unbranched alkanes of at least 4 members (excludes halogenated alkanes) is 6. The van der Waals surface area contributed by atoms with Crippen LogP contribution in [0.2, 0.25) is 0 Å². The molecule has 5 nitrogen and oxygen atoms in total. The highest BCUT2D eigenvalue weighted by Crippen LogP contribution is 2.14. The van der Waals surface area contributed by atoms with Crippen molar-refractivity contribution >= 4 is 5.97 Å². The van der Waals surface area contributed by atoms with Crippen molar-refractivity contribution in [3.8, 4) is 0 Å². The summed E-state index contributed by atoms with van der Waals surface area (Å²) in [6, 6.07) is 0. The molecule has 0 bridgehead atoms. The maximum Gasteiger partial charge on any atom is 0.306 e. The molecule has 0 rings (SSSR count). The zero-order valence-corrected chi connectivity index (χ0v) is 15.2. The smallest absolute Gasteiger partial charge is 0.306 e. The fourth-order valence-corrected chi connectivity index (χ4v) is 2.54. The highest BCUT2D eigenvalue weighted by Gasteiger charge is 2.22. The van der Waals surface area contributed by atoms with Gasteiger partial charge in [0.2, 0.25) is 0 Å². The second kappa shape index (κ2) is 14.4. The van der Waals surface area contributed by atoms with Crippen molar-refractivity contribution in [3.05, 3.63) is 12.2 Å². The lowest BCUT2D eigenvalue weighted by Gasteiger charge is -2.20.